The average molecular weight is 277 g/mol. The molecule has 0 amide bonds. The molecule has 0 unspecified atom stereocenters. The van der Waals surface area contributed by atoms with Crippen molar-refractivity contribution in [2.45, 2.75) is 46.5 Å². The van der Waals surface area contributed by atoms with Gasteiger partial charge in [-0.3, -0.25) is 4.79 Å². The normalized spacial score (nSPS) is 10.8. The number of aryl methyl sites for hydroxylation is 1. The summed E-state index contributed by atoms with van der Waals surface area (Å²) in [6.45, 7) is 7.97. The Morgan fingerprint density at radius 2 is 1.90 bits per heavy atom. The van der Waals surface area contributed by atoms with Crippen molar-refractivity contribution in [2.75, 3.05) is 18.0 Å². The summed E-state index contributed by atoms with van der Waals surface area (Å²) in [5.41, 5.74) is 2.48. The molecule has 1 N–H and O–H groups in total. The molecule has 0 atom stereocenters. The van der Waals surface area contributed by atoms with Crippen LogP contribution in [-0.4, -0.2) is 24.2 Å². The summed E-state index contributed by atoms with van der Waals surface area (Å²) >= 11 is 0. The highest BCUT2D eigenvalue weighted by molar-refractivity contribution is 5.67. The minimum absolute atomic E-state index is 0.185. The van der Waals surface area contributed by atoms with Crippen LogP contribution in [-0.2, 0) is 11.2 Å². The molecule has 20 heavy (non-hydrogen) atoms. The number of hydrogen-bond donors (Lipinski definition) is 1. The van der Waals surface area contributed by atoms with Gasteiger partial charge in [0.25, 0.3) is 0 Å². The van der Waals surface area contributed by atoms with E-state index in [4.69, 9.17) is 5.11 Å². The Morgan fingerprint density at radius 3 is 2.40 bits per heavy atom. The lowest BCUT2D eigenvalue weighted by molar-refractivity contribution is -0.136. The van der Waals surface area contributed by atoms with E-state index < -0.39 is 5.97 Å². The van der Waals surface area contributed by atoms with Gasteiger partial charge in [0.2, 0.25) is 0 Å². The molecule has 0 saturated heterocycles. The number of carboxylic acids is 1. The maximum Gasteiger partial charge on any atom is 0.305 e. The minimum Gasteiger partial charge on any atom is -0.481 e. The number of carbonyl (C=O) groups is 1. The molecule has 0 aliphatic heterocycles. The molecule has 0 radical (unpaired) electrons. The van der Waals surface area contributed by atoms with Crippen molar-refractivity contribution in [2.24, 2.45) is 5.92 Å². The topological polar surface area (TPSA) is 40.5 Å². The van der Waals surface area contributed by atoms with Crippen LogP contribution in [0.4, 0.5) is 5.69 Å². The monoisotopic (exact) mass is 277 g/mol. The fourth-order valence-electron chi connectivity index (χ4n) is 2.25. The van der Waals surface area contributed by atoms with E-state index in [1.165, 1.54) is 18.4 Å². The molecule has 0 bridgehead atoms. The van der Waals surface area contributed by atoms with E-state index in [0.717, 1.165) is 18.7 Å². The second-order valence-electron chi connectivity index (χ2n) is 5.75. The van der Waals surface area contributed by atoms with E-state index in [1.54, 1.807) is 0 Å². The van der Waals surface area contributed by atoms with Crippen LogP contribution in [0.2, 0.25) is 0 Å². The van der Waals surface area contributed by atoms with E-state index in [0.29, 0.717) is 12.5 Å². The molecule has 1 aromatic rings. The maximum atomic E-state index is 10.8. The van der Waals surface area contributed by atoms with Gasteiger partial charge in [0.1, 0.15) is 0 Å². The van der Waals surface area contributed by atoms with Crippen LogP contribution in [0.5, 0.6) is 0 Å². The molecule has 0 spiro atoms. The molecule has 0 aliphatic carbocycles. The summed E-state index contributed by atoms with van der Waals surface area (Å²) in [4.78, 5) is 12.9. The summed E-state index contributed by atoms with van der Waals surface area (Å²) in [5.74, 6) is -0.220. The number of unbranched alkanes of at least 4 members (excludes halogenated alkanes) is 1. The molecular weight excluding hydrogens is 250 g/mol. The summed E-state index contributed by atoms with van der Waals surface area (Å²) in [5, 5.41) is 8.86. The lowest BCUT2D eigenvalue weighted by Crippen LogP contribution is -2.29. The van der Waals surface area contributed by atoms with Crippen molar-refractivity contribution in [1.82, 2.24) is 0 Å². The van der Waals surface area contributed by atoms with Gasteiger partial charge in [0.15, 0.2) is 0 Å². The number of aliphatic carboxylic acids is 1. The first-order valence-corrected chi connectivity index (χ1v) is 7.58. The molecule has 3 nitrogen and oxygen atoms in total. The van der Waals surface area contributed by atoms with Crippen molar-refractivity contribution in [3.63, 3.8) is 0 Å². The van der Waals surface area contributed by atoms with Gasteiger partial charge in [-0.1, -0.05) is 39.3 Å². The number of anilines is 1. The van der Waals surface area contributed by atoms with Crippen molar-refractivity contribution < 1.29 is 9.90 Å². The fourth-order valence-corrected chi connectivity index (χ4v) is 2.25. The number of rotatable bonds is 9. The third-order valence-electron chi connectivity index (χ3n) is 3.30. The summed E-state index contributed by atoms with van der Waals surface area (Å²) in [6, 6.07) is 8.57. The number of carboxylic acid groups (broad SMARTS) is 1. The Labute approximate surface area is 122 Å². The predicted molar refractivity (Wildman–Crippen MR) is 84.4 cm³/mol. The van der Waals surface area contributed by atoms with Crippen LogP contribution >= 0.6 is 0 Å². The van der Waals surface area contributed by atoms with Crippen LogP contribution in [0, 0.1) is 5.92 Å². The quantitative estimate of drug-likeness (QED) is 0.742. The van der Waals surface area contributed by atoms with Gasteiger partial charge in [-0.25, -0.2) is 0 Å². The highest BCUT2D eigenvalue weighted by Gasteiger charge is 2.10. The van der Waals surface area contributed by atoms with Crippen LogP contribution in [0.25, 0.3) is 0 Å². The number of benzene rings is 1. The Kier molecular flexibility index (Phi) is 7.13. The van der Waals surface area contributed by atoms with Gasteiger partial charge in [-0.05, 0) is 36.5 Å². The standard InChI is InChI=1S/C17H27NO2/c1-4-5-6-15-7-9-16(10-8-15)18(13-14(2)3)12-11-17(19)20/h7-10,14H,4-6,11-13H2,1-3H3,(H,19,20). The van der Waals surface area contributed by atoms with E-state index in [1.807, 2.05) is 0 Å². The SMILES string of the molecule is CCCCc1ccc(N(CCC(=O)O)CC(C)C)cc1. The smallest absolute Gasteiger partial charge is 0.305 e. The molecule has 0 aliphatic rings. The molecule has 1 rings (SSSR count). The molecule has 1 aromatic carbocycles. The second-order valence-corrected chi connectivity index (χ2v) is 5.75. The second kappa shape index (κ2) is 8.62. The Bertz CT molecular complexity index is 398. The van der Waals surface area contributed by atoms with Gasteiger partial charge >= 0.3 is 5.97 Å². The fraction of sp³-hybridized carbons (Fsp3) is 0.588. The first kappa shape index (κ1) is 16.5. The zero-order valence-corrected chi connectivity index (χ0v) is 12.9. The summed E-state index contributed by atoms with van der Waals surface area (Å²) in [6.07, 6.45) is 3.73. The average Bonchev–Trinajstić information content (AvgIpc) is 2.41. The lowest BCUT2D eigenvalue weighted by atomic mass is 10.1. The molecule has 0 aromatic heterocycles. The highest BCUT2D eigenvalue weighted by atomic mass is 16.4. The van der Waals surface area contributed by atoms with E-state index >= 15 is 0 Å². The van der Waals surface area contributed by atoms with Crippen LogP contribution < -0.4 is 4.90 Å². The number of nitrogens with zero attached hydrogens (tertiary/aromatic N) is 1. The van der Waals surface area contributed by atoms with Crippen molar-refractivity contribution in [1.29, 1.82) is 0 Å². The molecule has 3 heteroatoms. The van der Waals surface area contributed by atoms with Crippen LogP contribution in [0.15, 0.2) is 24.3 Å². The van der Waals surface area contributed by atoms with Crippen molar-refractivity contribution in [3.05, 3.63) is 29.8 Å². The zero-order valence-electron chi connectivity index (χ0n) is 12.9. The van der Waals surface area contributed by atoms with E-state index in [-0.39, 0.29) is 6.42 Å². The largest absolute Gasteiger partial charge is 0.481 e. The maximum absolute atomic E-state index is 10.8. The van der Waals surface area contributed by atoms with Gasteiger partial charge in [0, 0.05) is 18.8 Å². The van der Waals surface area contributed by atoms with Crippen molar-refractivity contribution in [3.8, 4) is 0 Å². The Balaban J connectivity index is 2.71. The third kappa shape index (κ3) is 6.09. The molecule has 112 valence electrons. The Morgan fingerprint density at radius 1 is 1.25 bits per heavy atom. The van der Waals surface area contributed by atoms with Crippen molar-refractivity contribution >= 4 is 11.7 Å². The zero-order chi connectivity index (χ0) is 15.0. The van der Waals surface area contributed by atoms with Gasteiger partial charge in [-0.2, -0.15) is 0 Å². The molecule has 0 fully saturated rings. The van der Waals surface area contributed by atoms with Crippen LogP contribution in [0.1, 0.15) is 45.6 Å². The summed E-state index contributed by atoms with van der Waals surface area (Å²) < 4.78 is 0. The van der Waals surface area contributed by atoms with E-state index in [2.05, 4.69) is 49.9 Å². The highest BCUT2D eigenvalue weighted by Crippen LogP contribution is 2.18. The van der Waals surface area contributed by atoms with Crippen LogP contribution in [0.3, 0.4) is 0 Å². The number of hydrogen-bond acceptors (Lipinski definition) is 2. The minimum atomic E-state index is -0.738. The predicted octanol–water partition coefficient (Wildman–Crippen LogP) is 3.97. The van der Waals surface area contributed by atoms with Gasteiger partial charge in [-0.15, -0.1) is 0 Å². The molecular formula is C17H27NO2. The third-order valence-corrected chi connectivity index (χ3v) is 3.30. The van der Waals surface area contributed by atoms with E-state index in [9.17, 15) is 4.79 Å². The van der Waals surface area contributed by atoms with Gasteiger partial charge < -0.3 is 10.0 Å². The summed E-state index contributed by atoms with van der Waals surface area (Å²) in [7, 11) is 0. The molecule has 0 saturated carbocycles. The molecule has 0 heterocycles. The lowest BCUT2D eigenvalue weighted by Gasteiger charge is -2.26. The first-order valence-electron chi connectivity index (χ1n) is 7.58. The first-order chi connectivity index (χ1) is 9.52. The van der Waals surface area contributed by atoms with Gasteiger partial charge in [0.05, 0.1) is 6.42 Å². The Hall–Kier alpha value is -1.51.